The predicted octanol–water partition coefficient (Wildman–Crippen LogP) is 2.43. The molecule has 7 nitrogen and oxygen atoms in total. The number of benzene rings is 1. The van der Waals surface area contributed by atoms with E-state index in [1.165, 1.54) is 16.1 Å². The first-order valence-corrected chi connectivity index (χ1v) is 12.1. The minimum Gasteiger partial charge on any atom is -0.491 e. The van der Waals surface area contributed by atoms with Gasteiger partial charge in [-0.3, -0.25) is 9.88 Å². The summed E-state index contributed by atoms with van der Waals surface area (Å²) in [4.78, 5) is 6.19. The molecule has 0 saturated carbocycles. The van der Waals surface area contributed by atoms with E-state index in [0.717, 1.165) is 11.3 Å². The zero-order valence-corrected chi connectivity index (χ0v) is 19.6. The predicted molar refractivity (Wildman–Crippen MR) is 121 cm³/mol. The van der Waals surface area contributed by atoms with E-state index < -0.39 is 16.1 Å². The Morgan fingerprint density at radius 2 is 1.87 bits per heavy atom. The number of piperazine rings is 1. The van der Waals surface area contributed by atoms with Crippen LogP contribution in [0.5, 0.6) is 5.75 Å². The molecule has 1 aromatic heterocycles. The van der Waals surface area contributed by atoms with Crippen LogP contribution in [0, 0.1) is 6.92 Å². The lowest BCUT2D eigenvalue weighted by atomic mass is 9.86. The molecule has 31 heavy (non-hydrogen) atoms. The molecule has 0 bridgehead atoms. The lowest BCUT2D eigenvalue weighted by molar-refractivity contribution is 0.0567. The van der Waals surface area contributed by atoms with Crippen molar-refractivity contribution in [1.29, 1.82) is 0 Å². The molecule has 1 unspecified atom stereocenters. The zero-order valence-electron chi connectivity index (χ0n) is 18.8. The monoisotopic (exact) mass is 447 g/mol. The largest absolute Gasteiger partial charge is 0.491 e. The molecule has 0 radical (unpaired) electrons. The number of aromatic nitrogens is 1. The van der Waals surface area contributed by atoms with Gasteiger partial charge in [0.15, 0.2) is 0 Å². The van der Waals surface area contributed by atoms with Crippen molar-refractivity contribution in [2.24, 2.45) is 0 Å². The van der Waals surface area contributed by atoms with Crippen LogP contribution >= 0.6 is 0 Å². The molecule has 2 aromatic rings. The highest BCUT2D eigenvalue weighted by molar-refractivity contribution is 7.89. The van der Waals surface area contributed by atoms with E-state index in [-0.39, 0.29) is 16.9 Å². The van der Waals surface area contributed by atoms with Gasteiger partial charge in [-0.05, 0) is 41.7 Å². The van der Waals surface area contributed by atoms with Crippen molar-refractivity contribution in [3.8, 4) is 5.75 Å². The van der Waals surface area contributed by atoms with Crippen molar-refractivity contribution in [1.82, 2.24) is 14.2 Å². The Morgan fingerprint density at radius 3 is 2.45 bits per heavy atom. The Bertz CT molecular complexity index is 966. The number of sulfonamides is 1. The standard InChI is InChI=1S/C23H33N3O4S/c1-18-14-19(23(2,3)4)7-8-22(18)30-17-20(27)16-25-10-12-26(13-11-25)31(28,29)21-6-5-9-24-15-21/h5-9,14-15,20,27H,10-13,16-17H2,1-4H3. The molecule has 1 aromatic carbocycles. The van der Waals surface area contributed by atoms with Crippen LogP contribution < -0.4 is 4.74 Å². The first-order chi connectivity index (χ1) is 14.6. The van der Waals surface area contributed by atoms with Crippen molar-refractivity contribution in [2.45, 2.75) is 44.1 Å². The quantitative estimate of drug-likeness (QED) is 0.702. The second-order valence-electron chi connectivity index (χ2n) is 9.09. The fraction of sp³-hybridized carbons (Fsp3) is 0.522. The molecule has 1 atom stereocenters. The molecule has 1 aliphatic rings. The van der Waals surface area contributed by atoms with Gasteiger partial charge < -0.3 is 9.84 Å². The molecule has 3 rings (SSSR count). The van der Waals surface area contributed by atoms with Crippen molar-refractivity contribution in [2.75, 3.05) is 39.3 Å². The van der Waals surface area contributed by atoms with Crippen LogP contribution in [0.2, 0.25) is 0 Å². The van der Waals surface area contributed by atoms with Gasteiger partial charge in [-0.15, -0.1) is 0 Å². The van der Waals surface area contributed by atoms with Gasteiger partial charge in [-0.2, -0.15) is 4.31 Å². The number of rotatable bonds is 7. The van der Waals surface area contributed by atoms with Gasteiger partial charge in [0.2, 0.25) is 10.0 Å². The fourth-order valence-corrected chi connectivity index (χ4v) is 5.00. The average Bonchev–Trinajstić information content (AvgIpc) is 2.73. The molecule has 1 fully saturated rings. The van der Waals surface area contributed by atoms with E-state index in [1.807, 2.05) is 13.0 Å². The van der Waals surface area contributed by atoms with Crippen LogP contribution in [0.15, 0.2) is 47.6 Å². The Hall–Kier alpha value is -2.00. The second-order valence-corrected chi connectivity index (χ2v) is 11.0. The van der Waals surface area contributed by atoms with Crippen molar-refractivity contribution < 1.29 is 18.3 Å². The molecular formula is C23H33N3O4S. The molecule has 0 amide bonds. The fourth-order valence-electron chi connectivity index (χ4n) is 3.62. The summed E-state index contributed by atoms with van der Waals surface area (Å²) in [6.07, 6.45) is 2.28. The summed E-state index contributed by atoms with van der Waals surface area (Å²) in [5.41, 5.74) is 2.38. The van der Waals surface area contributed by atoms with Crippen LogP contribution in [0.1, 0.15) is 31.9 Å². The minimum absolute atomic E-state index is 0.0788. The normalized spacial score (nSPS) is 17.5. The summed E-state index contributed by atoms with van der Waals surface area (Å²) < 4.78 is 32.7. The SMILES string of the molecule is Cc1cc(C(C)(C)C)ccc1OCC(O)CN1CCN(S(=O)(=O)c2cccnc2)CC1. The van der Waals surface area contributed by atoms with Gasteiger partial charge in [0, 0.05) is 45.1 Å². The van der Waals surface area contributed by atoms with Gasteiger partial charge in [-0.1, -0.05) is 32.9 Å². The van der Waals surface area contributed by atoms with Gasteiger partial charge in [0.05, 0.1) is 0 Å². The maximum atomic E-state index is 12.7. The van der Waals surface area contributed by atoms with E-state index in [9.17, 15) is 13.5 Å². The molecular weight excluding hydrogens is 414 g/mol. The Labute approximate surface area is 185 Å². The number of hydrogen-bond donors (Lipinski definition) is 1. The number of aliphatic hydroxyl groups excluding tert-OH is 1. The maximum Gasteiger partial charge on any atom is 0.244 e. The van der Waals surface area contributed by atoms with Gasteiger partial charge in [0.25, 0.3) is 0 Å². The van der Waals surface area contributed by atoms with E-state index in [1.54, 1.807) is 18.3 Å². The number of ether oxygens (including phenoxy) is 1. The lowest BCUT2D eigenvalue weighted by Crippen LogP contribution is -2.50. The first-order valence-electron chi connectivity index (χ1n) is 10.6. The number of aliphatic hydroxyl groups is 1. The molecule has 170 valence electrons. The third-order valence-corrected chi connectivity index (χ3v) is 7.43. The minimum atomic E-state index is -3.52. The van der Waals surface area contributed by atoms with Crippen LogP contribution in [-0.2, 0) is 15.4 Å². The summed E-state index contributed by atoms with van der Waals surface area (Å²) >= 11 is 0. The smallest absolute Gasteiger partial charge is 0.244 e. The van der Waals surface area contributed by atoms with Crippen molar-refractivity contribution in [3.63, 3.8) is 0 Å². The summed E-state index contributed by atoms with van der Waals surface area (Å²) in [6.45, 7) is 11.1. The Morgan fingerprint density at radius 1 is 1.16 bits per heavy atom. The first kappa shape index (κ1) is 23.7. The number of aryl methyl sites for hydroxylation is 1. The molecule has 1 N–H and O–H groups in total. The number of nitrogens with zero attached hydrogens (tertiary/aromatic N) is 3. The maximum absolute atomic E-state index is 12.7. The number of hydrogen-bond acceptors (Lipinski definition) is 6. The van der Waals surface area contributed by atoms with E-state index in [4.69, 9.17) is 4.74 Å². The zero-order chi connectivity index (χ0) is 22.6. The van der Waals surface area contributed by atoms with Crippen LogP contribution in [-0.4, -0.2) is 73.1 Å². The highest BCUT2D eigenvalue weighted by Gasteiger charge is 2.29. The van der Waals surface area contributed by atoms with E-state index in [0.29, 0.717) is 32.7 Å². The molecule has 0 spiro atoms. The molecule has 0 aliphatic carbocycles. The van der Waals surface area contributed by atoms with Crippen molar-refractivity contribution in [3.05, 3.63) is 53.9 Å². The van der Waals surface area contributed by atoms with E-state index >= 15 is 0 Å². The summed E-state index contributed by atoms with van der Waals surface area (Å²) in [5.74, 6) is 0.777. The van der Waals surface area contributed by atoms with Gasteiger partial charge in [-0.25, -0.2) is 8.42 Å². The molecule has 1 saturated heterocycles. The van der Waals surface area contributed by atoms with Gasteiger partial charge in [0.1, 0.15) is 23.4 Å². The third-order valence-electron chi connectivity index (χ3n) is 5.54. The average molecular weight is 448 g/mol. The summed E-state index contributed by atoms with van der Waals surface area (Å²) in [5, 5.41) is 10.4. The lowest BCUT2D eigenvalue weighted by Gasteiger charge is -2.34. The van der Waals surface area contributed by atoms with Crippen LogP contribution in [0.4, 0.5) is 0 Å². The Kier molecular flexibility index (Phi) is 7.36. The summed E-state index contributed by atoms with van der Waals surface area (Å²) in [6, 6.07) is 9.34. The van der Waals surface area contributed by atoms with Crippen LogP contribution in [0.3, 0.4) is 0 Å². The van der Waals surface area contributed by atoms with Crippen LogP contribution in [0.25, 0.3) is 0 Å². The summed E-state index contributed by atoms with van der Waals surface area (Å²) in [7, 11) is -3.52. The molecule has 8 heteroatoms. The Balaban J connectivity index is 1.48. The number of pyridine rings is 1. The second kappa shape index (κ2) is 9.65. The number of β-amino-alcohol motifs (C(OH)–C–C–N with tert-alkyl or cyclic N) is 1. The third kappa shape index (κ3) is 6.04. The van der Waals surface area contributed by atoms with Crippen molar-refractivity contribution >= 4 is 10.0 Å². The molecule has 1 aliphatic heterocycles. The highest BCUT2D eigenvalue weighted by atomic mass is 32.2. The van der Waals surface area contributed by atoms with Gasteiger partial charge >= 0.3 is 0 Å². The topological polar surface area (TPSA) is 83.0 Å². The van der Waals surface area contributed by atoms with E-state index in [2.05, 4.69) is 42.8 Å². The highest BCUT2D eigenvalue weighted by Crippen LogP contribution is 2.27. The molecule has 2 heterocycles.